The molecule has 0 amide bonds. The number of nitrogens with zero attached hydrogens (tertiary/aromatic N) is 2. The van der Waals surface area contributed by atoms with Crippen LogP contribution in [0.25, 0.3) is 0 Å². The van der Waals surface area contributed by atoms with Crippen molar-refractivity contribution in [2.45, 2.75) is 45.3 Å². The predicted octanol–water partition coefficient (Wildman–Crippen LogP) is 1.81. The average Bonchev–Trinajstić information content (AvgIpc) is 2.79. The molecule has 1 fully saturated rings. The van der Waals surface area contributed by atoms with Gasteiger partial charge in [0, 0.05) is 6.61 Å². The van der Waals surface area contributed by atoms with Crippen molar-refractivity contribution in [3.63, 3.8) is 0 Å². The van der Waals surface area contributed by atoms with Gasteiger partial charge in [-0.3, -0.25) is 0 Å². The van der Waals surface area contributed by atoms with E-state index in [1.165, 1.54) is 12.8 Å². The summed E-state index contributed by atoms with van der Waals surface area (Å²) in [6.07, 6.45) is 4.55. The number of rotatable bonds is 5. The number of hydrogen-bond acceptors (Lipinski definition) is 5. The Hall–Kier alpha value is -0.940. The number of ether oxygens (including phenoxy) is 1. The van der Waals surface area contributed by atoms with Gasteiger partial charge in [-0.15, -0.1) is 0 Å². The molecule has 5 heteroatoms. The van der Waals surface area contributed by atoms with Gasteiger partial charge in [0.25, 0.3) is 0 Å². The minimum absolute atomic E-state index is 0.237. The van der Waals surface area contributed by atoms with Crippen LogP contribution in [0.1, 0.15) is 50.4 Å². The molecule has 5 nitrogen and oxygen atoms in total. The summed E-state index contributed by atoms with van der Waals surface area (Å²) in [5.74, 6) is 1.35. The molecule has 2 heterocycles. The topological polar surface area (TPSA) is 60.2 Å². The summed E-state index contributed by atoms with van der Waals surface area (Å²) in [4.78, 5) is 4.34. The highest BCUT2D eigenvalue weighted by Crippen LogP contribution is 2.21. The molecule has 1 saturated heterocycles. The van der Waals surface area contributed by atoms with Crippen molar-refractivity contribution in [2.24, 2.45) is 0 Å². The lowest BCUT2D eigenvalue weighted by Gasteiger charge is -2.19. The first-order valence-electron chi connectivity index (χ1n) is 6.03. The second kappa shape index (κ2) is 5.96. The Labute approximate surface area is 95.6 Å². The Morgan fingerprint density at radius 3 is 3.19 bits per heavy atom. The van der Waals surface area contributed by atoms with Crippen LogP contribution in [-0.4, -0.2) is 23.3 Å². The zero-order chi connectivity index (χ0) is 11.2. The van der Waals surface area contributed by atoms with Gasteiger partial charge in [-0.05, 0) is 25.8 Å². The maximum absolute atomic E-state index is 5.36. The van der Waals surface area contributed by atoms with E-state index in [0.29, 0.717) is 18.3 Å². The molecule has 2 rings (SSSR count). The van der Waals surface area contributed by atoms with Crippen LogP contribution < -0.4 is 5.32 Å². The van der Waals surface area contributed by atoms with E-state index in [2.05, 4.69) is 22.4 Å². The summed E-state index contributed by atoms with van der Waals surface area (Å²) in [6.45, 7) is 4.30. The van der Waals surface area contributed by atoms with Gasteiger partial charge in [0.1, 0.15) is 6.61 Å². The second-order valence-electron chi connectivity index (χ2n) is 4.10. The Morgan fingerprint density at radius 1 is 1.50 bits per heavy atom. The Morgan fingerprint density at radius 2 is 2.44 bits per heavy atom. The van der Waals surface area contributed by atoms with Gasteiger partial charge in [-0.25, -0.2) is 0 Å². The van der Waals surface area contributed by atoms with E-state index in [1.54, 1.807) is 0 Å². The third-order valence-electron chi connectivity index (χ3n) is 2.67. The van der Waals surface area contributed by atoms with Crippen LogP contribution in [0.2, 0.25) is 0 Å². The standard InChI is InChI=1S/C11H19N3O2/c1-2-7-15-8-10-13-11(16-14-10)9-5-3-4-6-12-9/h9,12H,2-8H2,1H3/t9-/m0/s1. The first-order valence-corrected chi connectivity index (χ1v) is 6.03. The third kappa shape index (κ3) is 3.02. The Kier molecular flexibility index (Phi) is 4.30. The van der Waals surface area contributed by atoms with Crippen molar-refractivity contribution in [3.05, 3.63) is 11.7 Å². The molecule has 1 atom stereocenters. The average molecular weight is 225 g/mol. The number of aromatic nitrogens is 2. The summed E-state index contributed by atoms with van der Waals surface area (Å²) < 4.78 is 10.6. The first-order chi connectivity index (χ1) is 7.90. The number of piperidine rings is 1. The fraction of sp³-hybridized carbons (Fsp3) is 0.818. The van der Waals surface area contributed by atoms with Gasteiger partial charge in [0.2, 0.25) is 5.89 Å². The van der Waals surface area contributed by atoms with Gasteiger partial charge in [-0.1, -0.05) is 18.5 Å². The minimum Gasteiger partial charge on any atom is -0.373 e. The van der Waals surface area contributed by atoms with Crippen molar-refractivity contribution >= 4 is 0 Å². The molecule has 1 aromatic rings. The molecule has 90 valence electrons. The Balaban J connectivity index is 1.85. The van der Waals surface area contributed by atoms with Crippen LogP contribution in [-0.2, 0) is 11.3 Å². The molecule has 0 aromatic carbocycles. The van der Waals surface area contributed by atoms with Crippen molar-refractivity contribution in [1.29, 1.82) is 0 Å². The van der Waals surface area contributed by atoms with E-state index in [1.807, 2.05) is 0 Å². The second-order valence-corrected chi connectivity index (χ2v) is 4.10. The maximum Gasteiger partial charge on any atom is 0.243 e. The van der Waals surface area contributed by atoms with Crippen molar-refractivity contribution in [2.75, 3.05) is 13.2 Å². The van der Waals surface area contributed by atoms with Gasteiger partial charge >= 0.3 is 0 Å². The normalized spacial score (nSPS) is 21.2. The lowest BCUT2D eigenvalue weighted by Crippen LogP contribution is -2.27. The van der Waals surface area contributed by atoms with Crippen LogP contribution >= 0.6 is 0 Å². The molecule has 0 saturated carbocycles. The summed E-state index contributed by atoms with van der Waals surface area (Å²) in [5, 5.41) is 7.29. The molecule has 0 bridgehead atoms. The molecule has 0 aliphatic carbocycles. The molecule has 0 unspecified atom stereocenters. The van der Waals surface area contributed by atoms with Gasteiger partial charge < -0.3 is 14.6 Å². The summed E-state index contributed by atoms with van der Waals surface area (Å²) in [5.41, 5.74) is 0. The highest BCUT2D eigenvalue weighted by molar-refractivity contribution is 4.93. The van der Waals surface area contributed by atoms with Crippen molar-refractivity contribution in [3.8, 4) is 0 Å². The van der Waals surface area contributed by atoms with Crippen molar-refractivity contribution in [1.82, 2.24) is 15.5 Å². The molecule has 1 aliphatic heterocycles. The quantitative estimate of drug-likeness (QED) is 0.774. The lowest BCUT2D eigenvalue weighted by molar-refractivity contribution is 0.114. The van der Waals surface area contributed by atoms with E-state index < -0.39 is 0 Å². The summed E-state index contributed by atoms with van der Waals surface area (Å²) >= 11 is 0. The predicted molar refractivity (Wildman–Crippen MR) is 58.8 cm³/mol. The number of nitrogens with one attached hydrogen (secondary N) is 1. The van der Waals surface area contributed by atoms with Crippen LogP contribution in [0.5, 0.6) is 0 Å². The van der Waals surface area contributed by atoms with E-state index in [0.717, 1.165) is 26.0 Å². The van der Waals surface area contributed by atoms with Gasteiger partial charge in [0.15, 0.2) is 5.82 Å². The summed E-state index contributed by atoms with van der Waals surface area (Å²) in [6, 6.07) is 0.237. The van der Waals surface area contributed by atoms with Crippen LogP contribution in [0.4, 0.5) is 0 Å². The van der Waals surface area contributed by atoms with Crippen molar-refractivity contribution < 1.29 is 9.26 Å². The molecule has 1 aliphatic rings. The molecule has 1 N–H and O–H groups in total. The summed E-state index contributed by atoms with van der Waals surface area (Å²) in [7, 11) is 0. The SMILES string of the molecule is CCCOCc1noc([C@@H]2CCCCN2)n1. The van der Waals surface area contributed by atoms with Crippen LogP contribution in [0, 0.1) is 0 Å². The zero-order valence-corrected chi connectivity index (χ0v) is 9.74. The fourth-order valence-corrected chi connectivity index (χ4v) is 1.84. The lowest BCUT2D eigenvalue weighted by atomic mass is 10.1. The molecule has 0 radical (unpaired) electrons. The van der Waals surface area contributed by atoms with Gasteiger partial charge in [0.05, 0.1) is 6.04 Å². The minimum atomic E-state index is 0.237. The Bertz CT molecular complexity index is 308. The van der Waals surface area contributed by atoms with E-state index >= 15 is 0 Å². The fourth-order valence-electron chi connectivity index (χ4n) is 1.84. The largest absolute Gasteiger partial charge is 0.373 e. The maximum atomic E-state index is 5.36. The van der Waals surface area contributed by atoms with E-state index in [-0.39, 0.29) is 6.04 Å². The highest BCUT2D eigenvalue weighted by atomic mass is 16.5. The molecule has 0 spiro atoms. The monoisotopic (exact) mass is 225 g/mol. The van der Waals surface area contributed by atoms with E-state index in [9.17, 15) is 0 Å². The smallest absolute Gasteiger partial charge is 0.243 e. The molecular formula is C11H19N3O2. The van der Waals surface area contributed by atoms with E-state index in [4.69, 9.17) is 9.26 Å². The highest BCUT2D eigenvalue weighted by Gasteiger charge is 2.20. The zero-order valence-electron chi connectivity index (χ0n) is 9.74. The first kappa shape index (κ1) is 11.5. The molecule has 16 heavy (non-hydrogen) atoms. The van der Waals surface area contributed by atoms with Crippen LogP contribution in [0.15, 0.2) is 4.52 Å². The number of hydrogen-bond donors (Lipinski definition) is 1. The van der Waals surface area contributed by atoms with Gasteiger partial charge in [-0.2, -0.15) is 4.98 Å². The molecule has 1 aromatic heterocycles. The van der Waals surface area contributed by atoms with Crippen LogP contribution in [0.3, 0.4) is 0 Å². The third-order valence-corrected chi connectivity index (χ3v) is 2.67. The molecular weight excluding hydrogens is 206 g/mol.